The van der Waals surface area contributed by atoms with Gasteiger partial charge >= 0.3 is 0 Å². The molecule has 14 heavy (non-hydrogen) atoms. The third-order valence-electron chi connectivity index (χ3n) is 2.23. The summed E-state index contributed by atoms with van der Waals surface area (Å²) in [6.07, 6.45) is 8.38. The molecule has 0 aliphatic heterocycles. The molecule has 0 saturated carbocycles. The lowest BCUT2D eigenvalue weighted by Gasteiger charge is -2.00. The van der Waals surface area contributed by atoms with Gasteiger partial charge in [-0.3, -0.25) is 0 Å². The van der Waals surface area contributed by atoms with Crippen molar-refractivity contribution in [3.05, 3.63) is 23.3 Å². The Hall–Kier alpha value is -0.600. The third-order valence-corrected chi connectivity index (χ3v) is 2.23. The average molecular weight is 197 g/mol. The van der Waals surface area contributed by atoms with Crippen LogP contribution in [0.3, 0.4) is 0 Å². The van der Waals surface area contributed by atoms with Crippen molar-refractivity contribution in [1.82, 2.24) is 0 Å². The first kappa shape index (κ1) is 13.4. The van der Waals surface area contributed by atoms with Gasteiger partial charge in [0.05, 0.1) is 0 Å². The van der Waals surface area contributed by atoms with Crippen molar-refractivity contribution >= 4 is 0 Å². The van der Waals surface area contributed by atoms with Gasteiger partial charge in [-0.05, 0) is 39.5 Å². The van der Waals surface area contributed by atoms with Crippen LogP contribution in [-0.4, -0.2) is 18.3 Å². The second-order valence-electron chi connectivity index (χ2n) is 3.70. The molecule has 0 aromatic heterocycles. The monoisotopic (exact) mass is 197 g/mol. The van der Waals surface area contributed by atoms with Crippen LogP contribution in [0.4, 0.5) is 0 Å². The summed E-state index contributed by atoms with van der Waals surface area (Å²) in [4.78, 5) is 0. The van der Waals surface area contributed by atoms with Crippen molar-refractivity contribution in [2.24, 2.45) is 5.73 Å². The molecular weight excluding hydrogens is 174 g/mol. The van der Waals surface area contributed by atoms with E-state index in [0.717, 1.165) is 25.7 Å². The van der Waals surface area contributed by atoms with E-state index in [1.807, 2.05) is 0 Å². The first-order valence-electron chi connectivity index (χ1n) is 5.33. The van der Waals surface area contributed by atoms with E-state index in [4.69, 9.17) is 10.8 Å². The van der Waals surface area contributed by atoms with E-state index in [9.17, 15) is 0 Å². The summed E-state index contributed by atoms with van der Waals surface area (Å²) < 4.78 is 0. The van der Waals surface area contributed by atoms with E-state index in [0.29, 0.717) is 6.54 Å². The Bertz CT molecular complexity index is 194. The lowest BCUT2D eigenvalue weighted by atomic mass is 10.1. The Morgan fingerprint density at radius 1 is 1.14 bits per heavy atom. The summed E-state index contributed by atoms with van der Waals surface area (Å²) in [5.41, 5.74) is 8.14. The minimum atomic E-state index is 0.289. The molecule has 3 N–H and O–H groups in total. The normalized spacial score (nSPS) is 13.4. The zero-order valence-corrected chi connectivity index (χ0v) is 9.42. The highest BCUT2D eigenvalue weighted by Crippen LogP contribution is 2.09. The van der Waals surface area contributed by atoms with Gasteiger partial charge in [0.25, 0.3) is 0 Å². The fraction of sp³-hybridized carbons (Fsp3) is 0.667. The van der Waals surface area contributed by atoms with Crippen LogP contribution in [0.15, 0.2) is 23.3 Å². The number of rotatable bonds is 7. The molecule has 2 nitrogen and oxygen atoms in total. The van der Waals surface area contributed by atoms with Crippen molar-refractivity contribution in [1.29, 1.82) is 0 Å². The van der Waals surface area contributed by atoms with Crippen molar-refractivity contribution in [2.45, 2.75) is 39.5 Å². The van der Waals surface area contributed by atoms with Gasteiger partial charge in [0.2, 0.25) is 0 Å². The molecule has 0 aromatic carbocycles. The summed E-state index contributed by atoms with van der Waals surface area (Å²) in [6, 6.07) is 0. The highest BCUT2D eigenvalue weighted by molar-refractivity contribution is 5.03. The van der Waals surface area contributed by atoms with Crippen molar-refractivity contribution in [2.75, 3.05) is 13.2 Å². The molecule has 0 saturated heterocycles. The lowest BCUT2D eigenvalue weighted by molar-refractivity contribution is 0.288. The molecule has 0 rings (SSSR count). The van der Waals surface area contributed by atoms with E-state index in [2.05, 4.69) is 26.0 Å². The van der Waals surface area contributed by atoms with Gasteiger partial charge in [0, 0.05) is 13.2 Å². The number of nitrogens with two attached hydrogens (primary N) is 1. The molecule has 0 bridgehead atoms. The predicted molar refractivity (Wildman–Crippen MR) is 62.1 cm³/mol. The van der Waals surface area contributed by atoms with Gasteiger partial charge in [-0.15, -0.1) is 0 Å². The number of aliphatic hydroxyl groups excluding tert-OH is 1. The summed E-state index contributed by atoms with van der Waals surface area (Å²) >= 11 is 0. The van der Waals surface area contributed by atoms with Crippen LogP contribution in [0.1, 0.15) is 39.5 Å². The first-order valence-corrected chi connectivity index (χ1v) is 5.33. The van der Waals surface area contributed by atoms with Gasteiger partial charge in [-0.2, -0.15) is 0 Å². The zero-order chi connectivity index (χ0) is 10.8. The van der Waals surface area contributed by atoms with E-state index in [-0.39, 0.29) is 6.61 Å². The second-order valence-corrected chi connectivity index (χ2v) is 3.70. The molecule has 0 spiro atoms. The van der Waals surface area contributed by atoms with Crippen LogP contribution >= 0.6 is 0 Å². The second kappa shape index (κ2) is 8.97. The highest BCUT2D eigenvalue weighted by Gasteiger charge is 1.91. The van der Waals surface area contributed by atoms with Crippen molar-refractivity contribution < 1.29 is 5.11 Å². The fourth-order valence-corrected chi connectivity index (χ4v) is 1.31. The summed E-state index contributed by atoms with van der Waals surface area (Å²) in [6.45, 7) is 5.16. The summed E-state index contributed by atoms with van der Waals surface area (Å²) in [5, 5.41) is 8.65. The molecular formula is C12H23NO. The van der Waals surface area contributed by atoms with Gasteiger partial charge in [-0.25, -0.2) is 0 Å². The van der Waals surface area contributed by atoms with Crippen LogP contribution < -0.4 is 5.73 Å². The minimum absolute atomic E-state index is 0.289. The van der Waals surface area contributed by atoms with Crippen LogP contribution in [-0.2, 0) is 0 Å². The summed E-state index contributed by atoms with van der Waals surface area (Å²) in [5.74, 6) is 0. The number of allylic oxidation sites excluding steroid dienone is 3. The molecule has 0 heterocycles. The Balaban J connectivity index is 3.64. The van der Waals surface area contributed by atoms with E-state index in [1.54, 1.807) is 0 Å². The van der Waals surface area contributed by atoms with E-state index in [1.165, 1.54) is 11.1 Å². The summed E-state index contributed by atoms with van der Waals surface area (Å²) in [7, 11) is 0. The average Bonchev–Trinajstić information content (AvgIpc) is 2.15. The number of hydrogen-bond donors (Lipinski definition) is 2. The van der Waals surface area contributed by atoms with Crippen LogP contribution in [0.25, 0.3) is 0 Å². The van der Waals surface area contributed by atoms with Gasteiger partial charge < -0.3 is 10.8 Å². The molecule has 0 unspecified atom stereocenters. The van der Waals surface area contributed by atoms with Gasteiger partial charge in [-0.1, -0.05) is 23.3 Å². The molecule has 0 fully saturated rings. The predicted octanol–water partition coefficient (Wildman–Crippen LogP) is 2.39. The van der Waals surface area contributed by atoms with Gasteiger partial charge in [0.15, 0.2) is 0 Å². The number of hydrogen-bond acceptors (Lipinski definition) is 2. The molecule has 82 valence electrons. The maximum absolute atomic E-state index is 8.65. The lowest BCUT2D eigenvalue weighted by Crippen LogP contribution is -1.94. The maximum atomic E-state index is 8.65. The molecule has 0 aliphatic rings. The Morgan fingerprint density at radius 3 is 2.36 bits per heavy atom. The Kier molecular flexibility index (Phi) is 8.59. The Labute approximate surface area is 87.5 Å². The zero-order valence-electron chi connectivity index (χ0n) is 9.42. The van der Waals surface area contributed by atoms with Crippen molar-refractivity contribution in [3.8, 4) is 0 Å². The molecule has 0 aromatic rings. The molecule has 0 aliphatic carbocycles. The fourth-order valence-electron chi connectivity index (χ4n) is 1.31. The quantitative estimate of drug-likeness (QED) is 0.616. The molecule has 0 amide bonds. The van der Waals surface area contributed by atoms with Crippen LogP contribution in [0.2, 0.25) is 0 Å². The van der Waals surface area contributed by atoms with Crippen LogP contribution in [0.5, 0.6) is 0 Å². The highest BCUT2D eigenvalue weighted by atomic mass is 16.2. The standard InChI is InChI=1S/C12H23NO/c1-11(7-4-10-14)5-3-6-12(2)8-9-13/h5,8,14H,3-4,6-7,9-10,13H2,1-2H3. The minimum Gasteiger partial charge on any atom is -0.396 e. The molecule has 0 atom stereocenters. The van der Waals surface area contributed by atoms with Gasteiger partial charge in [0.1, 0.15) is 0 Å². The maximum Gasteiger partial charge on any atom is 0.0434 e. The van der Waals surface area contributed by atoms with E-state index >= 15 is 0 Å². The smallest absolute Gasteiger partial charge is 0.0434 e. The largest absolute Gasteiger partial charge is 0.396 e. The molecule has 0 radical (unpaired) electrons. The first-order chi connectivity index (χ1) is 6.70. The van der Waals surface area contributed by atoms with E-state index < -0.39 is 0 Å². The molecule has 2 heteroatoms. The topological polar surface area (TPSA) is 46.2 Å². The SMILES string of the molecule is CC(=CCN)CCC=C(C)CCCO. The number of aliphatic hydroxyl groups is 1. The van der Waals surface area contributed by atoms with Crippen molar-refractivity contribution in [3.63, 3.8) is 0 Å². The Morgan fingerprint density at radius 2 is 1.79 bits per heavy atom. The van der Waals surface area contributed by atoms with Crippen LogP contribution in [0, 0.1) is 0 Å². The third kappa shape index (κ3) is 8.02.